The lowest BCUT2D eigenvalue weighted by atomic mass is 10.1. The van der Waals surface area contributed by atoms with E-state index >= 15 is 0 Å². The minimum absolute atomic E-state index is 0.190. The van der Waals surface area contributed by atoms with E-state index in [4.69, 9.17) is 0 Å². The zero-order chi connectivity index (χ0) is 9.14. The van der Waals surface area contributed by atoms with E-state index < -0.39 is 0 Å². The van der Waals surface area contributed by atoms with Gasteiger partial charge in [-0.05, 0) is 26.2 Å². The van der Waals surface area contributed by atoms with Crippen LogP contribution in [0.1, 0.15) is 33.1 Å². The van der Waals surface area contributed by atoms with Gasteiger partial charge in [0.1, 0.15) is 0 Å². The molecule has 2 atom stereocenters. The van der Waals surface area contributed by atoms with Crippen LogP contribution in [0.2, 0.25) is 0 Å². The van der Waals surface area contributed by atoms with Crippen molar-refractivity contribution in [2.75, 3.05) is 5.75 Å². The highest BCUT2D eigenvalue weighted by molar-refractivity contribution is 7.81. The number of amides is 1. The first-order chi connectivity index (χ1) is 5.70. The number of nitrogens with zero attached hydrogens (tertiary/aromatic N) is 1. The fourth-order valence-electron chi connectivity index (χ4n) is 2.00. The van der Waals surface area contributed by atoms with Crippen LogP contribution < -0.4 is 0 Å². The molecule has 1 saturated heterocycles. The number of carbonyl (C=O) groups is 1. The second-order valence-corrected chi connectivity index (χ2v) is 3.76. The van der Waals surface area contributed by atoms with E-state index in [-0.39, 0.29) is 5.91 Å². The molecule has 0 aliphatic carbocycles. The van der Waals surface area contributed by atoms with E-state index in [9.17, 15) is 4.79 Å². The molecule has 1 aliphatic rings. The van der Waals surface area contributed by atoms with Crippen molar-refractivity contribution in [1.29, 1.82) is 0 Å². The largest absolute Gasteiger partial charge is 0.336 e. The fraction of sp³-hybridized carbons (Fsp3) is 0.889. The molecule has 1 aliphatic heterocycles. The topological polar surface area (TPSA) is 20.3 Å². The van der Waals surface area contributed by atoms with Crippen molar-refractivity contribution in [3.05, 3.63) is 0 Å². The Hall–Kier alpha value is -0.180. The van der Waals surface area contributed by atoms with Crippen molar-refractivity contribution in [1.82, 2.24) is 4.90 Å². The first kappa shape index (κ1) is 9.90. The van der Waals surface area contributed by atoms with Gasteiger partial charge in [-0.1, -0.05) is 6.92 Å². The minimum Gasteiger partial charge on any atom is -0.336 e. The summed E-state index contributed by atoms with van der Waals surface area (Å²) in [6.45, 7) is 4.26. The van der Waals surface area contributed by atoms with Crippen LogP contribution >= 0.6 is 12.6 Å². The van der Waals surface area contributed by atoms with Crippen molar-refractivity contribution < 1.29 is 4.79 Å². The zero-order valence-corrected chi connectivity index (χ0v) is 8.68. The average molecular weight is 187 g/mol. The molecule has 1 amide bonds. The molecule has 1 rings (SSSR count). The molecule has 0 N–H and O–H groups in total. The molecule has 0 aromatic carbocycles. The Balaban J connectivity index is 2.63. The molecule has 0 aromatic heterocycles. The van der Waals surface area contributed by atoms with E-state index in [0.29, 0.717) is 17.8 Å². The highest BCUT2D eigenvalue weighted by Crippen LogP contribution is 2.25. The number of hydrogen-bond acceptors (Lipinski definition) is 2. The van der Waals surface area contributed by atoms with Gasteiger partial charge in [0.15, 0.2) is 0 Å². The van der Waals surface area contributed by atoms with Gasteiger partial charge in [-0.15, -0.1) is 0 Å². The molecule has 12 heavy (non-hydrogen) atoms. The number of likely N-dealkylation sites (tertiary alicyclic amines) is 1. The van der Waals surface area contributed by atoms with Gasteiger partial charge in [0.25, 0.3) is 0 Å². The number of rotatable bonds is 2. The lowest BCUT2D eigenvalue weighted by Crippen LogP contribution is -2.40. The fourth-order valence-corrected chi connectivity index (χ4v) is 2.17. The average Bonchev–Trinajstić information content (AvgIpc) is 2.45. The van der Waals surface area contributed by atoms with E-state index in [1.165, 1.54) is 0 Å². The van der Waals surface area contributed by atoms with Crippen LogP contribution in [0, 0.1) is 0 Å². The first-order valence-electron chi connectivity index (χ1n) is 4.62. The van der Waals surface area contributed by atoms with Gasteiger partial charge in [0.05, 0.1) is 5.75 Å². The molecule has 0 radical (unpaired) electrons. The molecule has 1 heterocycles. The Morgan fingerprint density at radius 3 is 2.75 bits per heavy atom. The Kier molecular flexibility index (Phi) is 3.44. The monoisotopic (exact) mass is 187 g/mol. The minimum atomic E-state index is 0.190. The lowest BCUT2D eigenvalue weighted by Gasteiger charge is -2.27. The summed E-state index contributed by atoms with van der Waals surface area (Å²) in [6.07, 6.45) is 3.39. The molecule has 2 nitrogen and oxygen atoms in total. The van der Waals surface area contributed by atoms with Crippen LogP contribution in [-0.4, -0.2) is 28.6 Å². The van der Waals surface area contributed by atoms with Gasteiger partial charge in [-0.3, -0.25) is 4.79 Å². The second-order valence-electron chi connectivity index (χ2n) is 3.45. The van der Waals surface area contributed by atoms with Gasteiger partial charge in [0.2, 0.25) is 5.91 Å². The predicted molar refractivity (Wildman–Crippen MR) is 53.5 cm³/mol. The number of hydrogen-bond donors (Lipinski definition) is 1. The maximum Gasteiger partial charge on any atom is 0.232 e. The van der Waals surface area contributed by atoms with Crippen LogP contribution in [0.4, 0.5) is 0 Å². The summed E-state index contributed by atoms with van der Waals surface area (Å²) in [6, 6.07) is 0.897. The van der Waals surface area contributed by atoms with Crippen LogP contribution in [0.25, 0.3) is 0 Å². The molecular formula is C9H17NOS. The quantitative estimate of drug-likeness (QED) is 0.652. The van der Waals surface area contributed by atoms with Crippen molar-refractivity contribution in [2.45, 2.75) is 45.2 Å². The summed E-state index contributed by atoms with van der Waals surface area (Å²) in [4.78, 5) is 13.5. The third kappa shape index (κ3) is 1.76. The molecule has 0 spiro atoms. The number of carbonyl (C=O) groups excluding carboxylic acids is 1. The molecule has 2 unspecified atom stereocenters. The van der Waals surface area contributed by atoms with Gasteiger partial charge in [0, 0.05) is 12.1 Å². The third-order valence-corrected chi connectivity index (χ3v) is 2.95. The van der Waals surface area contributed by atoms with E-state index in [2.05, 4.69) is 26.5 Å². The summed E-state index contributed by atoms with van der Waals surface area (Å²) in [5, 5.41) is 0. The lowest BCUT2D eigenvalue weighted by molar-refractivity contribution is -0.130. The standard InChI is InChI=1S/C9H17NOS/c1-3-8-5-4-7(2)10(8)9(11)6-12/h7-8,12H,3-6H2,1-2H3. The maximum absolute atomic E-state index is 11.4. The van der Waals surface area contributed by atoms with Gasteiger partial charge in [-0.25, -0.2) is 0 Å². The van der Waals surface area contributed by atoms with Gasteiger partial charge >= 0.3 is 0 Å². The SMILES string of the molecule is CCC1CCC(C)N1C(=O)CS. The Morgan fingerprint density at radius 1 is 1.58 bits per heavy atom. The summed E-state index contributed by atoms with van der Waals surface area (Å²) in [7, 11) is 0. The Labute approximate surface area is 79.7 Å². The van der Waals surface area contributed by atoms with E-state index in [1.54, 1.807) is 0 Å². The second kappa shape index (κ2) is 4.17. The van der Waals surface area contributed by atoms with Crippen LogP contribution in [0.5, 0.6) is 0 Å². The summed E-state index contributed by atoms with van der Waals surface area (Å²) >= 11 is 4.02. The Bertz CT molecular complexity index is 172. The molecule has 70 valence electrons. The molecular weight excluding hydrogens is 170 g/mol. The Morgan fingerprint density at radius 2 is 2.25 bits per heavy atom. The molecule has 0 bridgehead atoms. The zero-order valence-electron chi connectivity index (χ0n) is 7.79. The van der Waals surface area contributed by atoms with Crippen molar-refractivity contribution in [3.63, 3.8) is 0 Å². The smallest absolute Gasteiger partial charge is 0.232 e. The third-order valence-electron chi connectivity index (χ3n) is 2.68. The summed E-state index contributed by atoms with van der Waals surface area (Å²) < 4.78 is 0. The van der Waals surface area contributed by atoms with Crippen molar-refractivity contribution >= 4 is 18.5 Å². The predicted octanol–water partition coefficient (Wildman–Crippen LogP) is 1.71. The van der Waals surface area contributed by atoms with Crippen LogP contribution in [0.15, 0.2) is 0 Å². The molecule has 0 saturated carbocycles. The number of thiol groups is 1. The summed E-state index contributed by atoms with van der Waals surface area (Å²) in [5.41, 5.74) is 0. The van der Waals surface area contributed by atoms with Crippen LogP contribution in [0.3, 0.4) is 0 Å². The normalized spacial score (nSPS) is 29.4. The molecule has 1 fully saturated rings. The van der Waals surface area contributed by atoms with Crippen LogP contribution in [-0.2, 0) is 4.79 Å². The highest BCUT2D eigenvalue weighted by atomic mass is 32.1. The maximum atomic E-state index is 11.4. The highest BCUT2D eigenvalue weighted by Gasteiger charge is 2.31. The van der Waals surface area contributed by atoms with Gasteiger partial charge < -0.3 is 4.90 Å². The first-order valence-corrected chi connectivity index (χ1v) is 5.26. The summed E-state index contributed by atoms with van der Waals surface area (Å²) in [5.74, 6) is 0.538. The molecule has 0 aromatic rings. The van der Waals surface area contributed by atoms with Crippen molar-refractivity contribution in [2.24, 2.45) is 0 Å². The van der Waals surface area contributed by atoms with Gasteiger partial charge in [-0.2, -0.15) is 12.6 Å². The van der Waals surface area contributed by atoms with E-state index in [1.807, 2.05) is 4.90 Å². The van der Waals surface area contributed by atoms with Crippen molar-refractivity contribution in [3.8, 4) is 0 Å². The van der Waals surface area contributed by atoms with E-state index in [0.717, 1.165) is 19.3 Å². The molecule has 3 heteroatoms.